The van der Waals surface area contributed by atoms with E-state index in [0.717, 1.165) is 22.5 Å². The Morgan fingerprint density at radius 3 is 2.79 bits per heavy atom. The minimum atomic E-state index is -0.650. The van der Waals surface area contributed by atoms with Crippen LogP contribution in [0.4, 0.5) is 10.8 Å². The zero-order valence-electron chi connectivity index (χ0n) is 21.2. The number of amides is 1. The van der Waals surface area contributed by atoms with Crippen LogP contribution in [-0.2, 0) is 9.59 Å². The monoisotopic (exact) mass is 546 g/mol. The number of rotatable bonds is 6. The van der Waals surface area contributed by atoms with Gasteiger partial charge >= 0.3 is 0 Å². The number of aryl methyl sites for hydroxylation is 3. The summed E-state index contributed by atoms with van der Waals surface area (Å²) < 4.78 is 6.42. The molecule has 11 heteroatoms. The van der Waals surface area contributed by atoms with E-state index in [1.54, 1.807) is 11.0 Å². The number of hydrogen-bond donors (Lipinski definition) is 2. The molecule has 1 aliphatic heterocycles. The van der Waals surface area contributed by atoms with Crippen molar-refractivity contribution < 1.29 is 14.0 Å². The van der Waals surface area contributed by atoms with Gasteiger partial charge in [-0.05, 0) is 57.4 Å². The quantitative estimate of drug-likeness (QED) is 0.405. The minimum absolute atomic E-state index is 0.0299. The number of nitrogens with one attached hydrogen (secondary N) is 1. The molecule has 1 amide bonds. The fourth-order valence-corrected chi connectivity index (χ4v) is 6.50. The van der Waals surface area contributed by atoms with Crippen LogP contribution in [0.2, 0.25) is 0 Å². The molecule has 2 aromatic heterocycles. The molecule has 0 radical (unpaired) electrons. The molecule has 1 atom stereocenters. The lowest BCUT2D eigenvalue weighted by molar-refractivity contribution is -0.116. The van der Waals surface area contributed by atoms with Crippen LogP contribution in [0.15, 0.2) is 61.8 Å². The number of carbonyl (C=O) groups excluding carboxylic acids is 2. The summed E-state index contributed by atoms with van der Waals surface area (Å²) >= 11 is 2.53. The highest BCUT2D eigenvalue weighted by molar-refractivity contribution is 8.01. The third-order valence-corrected chi connectivity index (χ3v) is 8.57. The number of carbonyl (C=O) groups is 2. The molecule has 2 aliphatic rings. The van der Waals surface area contributed by atoms with Crippen molar-refractivity contribution in [3.8, 4) is 6.07 Å². The second-order valence-corrected chi connectivity index (χ2v) is 11.4. The number of benzene rings is 1. The number of nitrogens with two attached hydrogens (primary N) is 1. The van der Waals surface area contributed by atoms with Gasteiger partial charge in [-0.3, -0.25) is 14.5 Å². The number of hydrogen-bond acceptors (Lipinski definition) is 10. The van der Waals surface area contributed by atoms with Gasteiger partial charge in [0.2, 0.25) is 11.0 Å². The van der Waals surface area contributed by atoms with Gasteiger partial charge in [-0.15, -0.1) is 10.2 Å². The topological polar surface area (TPSA) is 138 Å². The highest BCUT2D eigenvalue weighted by Gasteiger charge is 2.42. The number of nitriles is 1. The Labute approximate surface area is 228 Å². The molecule has 0 bridgehead atoms. The highest BCUT2D eigenvalue weighted by Crippen LogP contribution is 2.47. The average Bonchev–Trinajstić information content (AvgIpc) is 3.53. The summed E-state index contributed by atoms with van der Waals surface area (Å²) in [5.41, 5.74) is 10.9. The maximum absolute atomic E-state index is 13.2. The predicted octanol–water partition coefficient (Wildman–Crippen LogP) is 5.09. The first kappa shape index (κ1) is 25.8. The lowest BCUT2D eigenvalue weighted by atomic mass is 9.78. The van der Waals surface area contributed by atoms with Crippen LogP contribution < -0.4 is 16.0 Å². The van der Waals surface area contributed by atoms with Crippen molar-refractivity contribution in [3.63, 3.8) is 0 Å². The molecule has 194 valence electrons. The van der Waals surface area contributed by atoms with E-state index in [1.807, 2.05) is 45.0 Å². The van der Waals surface area contributed by atoms with Gasteiger partial charge in [0, 0.05) is 23.4 Å². The second kappa shape index (κ2) is 10.5. The number of furan rings is 1. The van der Waals surface area contributed by atoms with E-state index in [1.165, 1.54) is 23.1 Å². The van der Waals surface area contributed by atoms with E-state index in [9.17, 15) is 14.9 Å². The van der Waals surface area contributed by atoms with Gasteiger partial charge in [-0.2, -0.15) is 5.26 Å². The molecule has 0 saturated carbocycles. The van der Waals surface area contributed by atoms with Gasteiger partial charge in [0.25, 0.3) is 0 Å². The molecule has 0 saturated heterocycles. The van der Waals surface area contributed by atoms with Crippen molar-refractivity contribution in [1.29, 1.82) is 5.26 Å². The average molecular weight is 547 g/mol. The second-order valence-electron chi connectivity index (χ2n) is 9.27. The maximum Gasteiger partial charge on any atom is 0.234 e. The van der Waals surface area contributed by atoms with Crippen molar-refractivity contribution in [2.45, 2.75) is 50.3 Å². The Balaban J connectivity index is 1.40. The number of ketones is 1. The van der Waals surface area contributed by atoms with Gasteiger partial charge in [-0.1, -0.05) is 40.8 Å². The Morgan fingerprint density at radius 1 is 1.26 bits per heavy atom. The van der Waals surface area contributed by atoms with Crippen LogP contribution in [0.5, 0.6) is 0 Å². The van der Waals surface area contributed by atoms with Gasteiger partial charge in [-0.25, -0.2) is 0 Å². The molecular formula is C27H26N6O3S2. The number of aromatic nitrogens is 2. The van der Waals surface area contributed by atoms with E-state index in [4.69, 9.17) is 10.2 Å². The molecule has 5 rings (SSSR count). The first-order valence-corrected chi connectivity index (χ1v) is 13.9. The van der Waals surface area contributed by atoms with Gasteiger partial charge < -0.3 is 15.5 Å². The van der Waals surface area contributed by atoms with Crippen molar-refractivity contribution >= 4 is 45.6 Å². The standard InChI is InChI=1S/C27H26N6O3S2/c1-14-7-9-18(15(2)11-14)30-22(35)13-37-27-32-31-26(38-27)33-19-5-4-6-20(34)24(19)23(17(12-28)25(33)29)21-10-8-16(3)36-21/h7-11,23H,4-6,13,29H2,1-3H3,(H,30,35). The Morgan fingerprint density at radius 2 is 2.08 bits per heavy atom. The Hall–Kier alpha value is -3.88. The fraction of sp³-hybridized carbons (Fsp3) is 0.296. The summed E-state index contributed by atoms with van der Waals surface area (Å²) in [6, 6.07) is 11.7. The lowest BCUT2D eigenvalue weighted by Gasteiger charge is -2.37. The van der Waals surface area contributed by atoms with Crippen LogP contribution in [-0.4, -0.2) is 27.6 Å². The Bertz CT molecular complexity index is 1540. The third-order valence-electron chi connectivity index (χ3n) is 6.53. The molecule has 0 spiro atoms. The van der Waals surface area contributed by atoms with E-state index >= 15 is 0 Å². The number of Topliss-reactive ketones (excluding diaryl/α,β-unsaturated/α-hetero) is 1. The Kier molecular flexibility index (Phi) is 7.10. The van der Waals surface area contributed by atoms with Crippen LogP contribution in [0, 0.1) is 32.1 Å². The first-order valence-electron chi connectivity index (χ1n) is 12.1. The summed E-state index contributed by atoms with van der Waals surface area (Å²) in [4.78, 5) is 27.4. The number of thioether (sulfide) groups is 1. The summed E-state index contributed by atoms with van der Waals surface area (Å²) in [6.07, 6.45) is 1.68. The van der Waals surface area contributed by atoms with Gasteiger partial charge in [0.1, 0.15) is 17.3 Å². The van der Waals surface area contributed by atoms with E-state index in [0.29, 0.717) is 45.8 Å². The smallest absolute Gasteiger partial charge is 0.234 e. The molecule has 38 heavy (non-hydrogen) atoms. The molecule has 1 unspecified atom stereocenters. The normalized spacial score (nSPS) is 17.5. The van der Waals surface area contributed by atoms with Crippen molar-refractivity contribution in [2.24, 2.45) is 5.73 Å². The zero-order valence-corrected chi connectivity index (χ0v) is 22.8. The SMILES string of the molecule is Cc1ccc(NC(=O)CSc2nnc(N3C(N)=C(C#N)C(c4ccc(C)o4)C4=C3CCCC4=O)s2)c(C)c1. The first-order chi connectivity index (χ1) is 18.3. The summed E-state index contributed by atoms with van der Waals surface area (Å²) in [5, 5.41) is 22.0. The van der Waals surface area contributed by atoms with Crippen molar-refractivity contribution in [1.82, 2.24) is 10.2 Å². The molecule has 3 heterocycles. The summed E-state index contributed by atoms with van der Waals surface area (Å²) in [7, 11) is 0. The summed E-state index contributed by atoms with van der Waals surface area (Å²) in [5.74, 6) is 0.746. The number of nitrogens with zero attached hydrogens (tertiary/aromatic N) is 4. The molecular weight excluding hydrogens is 520 g/mol. The molecule has 1 aliphatic carbocycles. The van der Waals surface area contributed by atoms with E-state index < -0.39 is 5.92 Å². The lowest BCUT2D eigenvalue weighted by Crippen LogP contribution is -2.38. The zero-order chi connectivity index (χ0) is 27.0. The molecule has 3 N–H and O–H groups in total. The van der Waals surface area contributed by atoms with Crippen LogP contribution in [0.1, 0.15) is 47.8 Å². The highest BCUT2D eigenvalue weighted by atomic mass is 32.2. The molecule has 1 aromatic carbocycles. The third kappa shape index (κ3) is 4.85. The predicted molar refractivity (Wildman–Crippen MR) is 147 cm³/mol. The minimum Gasteiger partial charge on any atom is -0.465 e. The van der Waals surface area contributed by atoms with Gasteiger partial charge in [0.15, 0.2) is 10.1 Å². The van der Waals surface area contributed by atoms with Crippen LogP contribution in [0.25, 0.3) is 0 Å². The number of allylic oxidation sites excluding steroid dienone is 3. The number of anilines is 2. The van der Waals surface area contributed by atoms with Crippen molar-refractivity contribution in [3.05, 3.63) is 75.6 Å². The van der Waals surface area contributed by atoms with E-state index in [-0.39, 0.29) is 28.8 Å². The van der Waals surface area contributed by atoms with Crippen LogP contribution >= 0.6 is 23.1 Å². The molecule has 0 fully saturated rings. The van der Waals surface area contributed by atoms with Crippen molar-refractivity contribution in [2.75, 3.05) is 16.0 Å². The fourth-order valence-electron chi connectivity index (χ4n) is 4.82. The summed E-state index contributed by atoms with van der Waals surface area (Å²) in [6.45, 7) is 5.78. The largest absolute Gasteiger partial charge is 0.465 e. The van der Waals surface area contributed by atoms with E-state index in [2.05, 4.69) is 21.6 Å². The van der Waals surface area contributed by atoms with Crippen LogP contribution in [0.3, 0.4) is 0 Å². The van der Waals surface area contributed by atoms with Gasteiger partial charge in [0.05, 0.1) is 23.3 Å². The molecule has 3 aromatic rings. The molecule has 9 nitrogen and oxygen atoms in total. The maximum atomic E-state index is 13.2.